The highest BCUT2D eigenvalue weighted by atomic mass is 79.9. The van der Waals surface area contributed by atoms with Crippen LogP contribution in [-0.4, -0.2) is 11.5 Å². The predicted octanol–water partition coefficient (Wildman–Crippen LogP) is 5.26. The first kappa shape index (κ1) is 16.5. The van der Waals surface area contributed by atoms with E-state index in [1.54, 1.807) is 6.20 Å². The number of nitrogens with zero attached hydrogens (tertiary/aromatic N) is 2. The van der Waals surface area contributed by atoms with Crippen molar-refractivity contribution in [3.63, 3.8) is 0 Å². The molecule has 2 aromatic carbocycles. The smallest absolute Gasteiger partial charge is 0.133 e. The third-order valence-corrected chi connectivity index (χ3v) is 4.85. The van der Waals surface area contributed by atoms with E-state index in [1.807, 2.05) is 24.3 Å². The second-order valence-electron chi connectivity index (χ2n) is 6.43. The summed E-state index contributed by atoms with van der Waals surface area (Å²) in [6, 6.07) is 18.3. The van der Waals surface area contributed by atoms with E-state index in [4.69, 9.17) is 5.26 Å². The summed E-state index contributed by atoms with van der Waals surface area (Å²) < 4.78 is 0.926. The molecule has 0 aliphatic heterocycles. The summed E-state index contributed by atoms with van der Waals surface area (Å²) in [5.74, 6) is 0.800. The molecule has 1 N–H and O–H groups in total. The average Bonchev–Trinajstić information content (AvgIpc) is 2.61. The van der Waals surface area contributed by atoms with Crippen molar-refractivity contribution in [3.8, 4) is 6.07 Å². The van der Waals surface area contributed by atoms with E-state index < -0.39 is 0 Å². The van der Waals surface area contributed by atoms with Crippen molar-refractivity contribution in [3.05, 3.63) is 70.3 Å². The Balaban J connectivity index is 1.93. The molecule has 0 spiro atoms. The van der Waals surface area contributed by atoms with Gasteiger partial charge in [-0.3, -0.25) is 0 Å². The molecule has 0 unspecified atom stereocenters. The van der Waals surface area contributed by atoms with Crippen LogP contribution in [0.4, 0.5) is 5.82 Å². The van der Waals surface area contributed by atoms with E-state index in [-0.39, 0.29) is 5.41 Å². The normalized spacial score (nSPS) is 11.2. The molecule has 0 aliphatic carbocycles. The topological polar surface area (TPSA) is 48.7 Å². The molecular weight excluding hydrogens is 362 g/mol. The molecule has 1 aromatic heterocycles. The summed E-state index contributed by atoms with van der Waals surface area (Å²) in [5.41, 5.74) is 1.87. The number of nitriles is 1. The standard InChI is InChI=1S/C20H18BrN3/c1-20(2,15-6-4-3-5-7-15)13-24-19-17-10-14(11-22)8-9-16(17)18(21)12-23-19/h3-10,12H,13H2,1-2H3,(H,23,24). The van der Waals surface area contributed by atoms with Gasteiger partial charge in [-0.2, -0.15) is 5.26 Å². The minimum atomic E-state index is -0.0326. The molecule has 3 aromatic rings. The molecular formula is C20H18BrN3. The molecule has 3 rings (SSSR count). The fourth-order valence-electron chi connectivity index (χ4n) is 2.72. The van der Waals surface area contributed by atoms with Crippen molar-refractivity contribution < 1.29 is 0 Å². The lowest BCUT2D eigenvalue weighted by atomic mass is 9.84. The minimum absolute atomic E-state index is 0.0326. The van der Waals surface area contributed by atoms with Crippen molar-refractivity contribution in [2.24, 2.45) is 0 Å². The van der Waals surface area contributed by atoms with Gasteiger partial charge in [0.05, 0.1) is 11.6 Å². The molecule has 0 aliphatic rings. The van der Waals surface area contributed by atoms with Crippen LogP contribution in [0.25, 0.3) is 10.8 Å². The predicted molar refractivity (Wildman–Crippen MR) is 102 cm³/mol. The van der Waals surface area contributed by atoms with E-state index in [0.29, 0.717) is 5.56 Å². The monoisotopic (exact) mass is 379 g/mol. The van der Waals surface area contributed by atoms with Gasteiger partial charge in [-0.15, -0.1) is 0 Å². The zero-order valence-electron chi connectivity index (χ0n) is 13.7. The lowest BCUT2D eigenvalue weighted by Crippen LogP contribution is -2.27. The number of pyridine rings is 1. The van der Waals surface area contributed by atoms with Gasteiger partial charge >= 0.3 is 0 Å². The van der Waals surface area contributed by atoms with Crippen LogP contribution in [0.1, 0.15) is 25.0 Å². The highest BCUT2D eigenvalue weighted by Gasteiger charge is 2.20. The second-order valence-corrected chi connectivity index (χ2v) is 7.28. The number of anilines is 1. The Morgan fingerprint density at radius 3 is 2.58 bits per heavy atom. The maximum absolute atomic E-state index is 9.16. The Kier molecular flexibility index (Phi) is 4.55. The molecule has 1 heterocycles. The van der Waals surface area contributed by atoms with Gasteiger partial charge in [-0.25, -0.2) is 4.98 Å². The lowest BCUT2D eigenvalue weighted by Gasteiger charge is -2.26. The number of benzene rings is 2. The van der Waals surface area contributed by atoms with Crippen LogP contribution in [0.2, 0.25) is 0 Å². The fraction of sp³-hybridized carbons (Fsp3) is 0.200. The first-order valence-corrected chi connectivity index (χ1v) is 8.58. The molecule has 3 nitrogen and oxygen atoms in total. The highest BCUT2D eigenvalue weighted by Crippen LogP contribution is 2.30. The summed E-state index contributed by atoms with van der Waals surface area (Å²) in [6.45, 7) is 5.16. The van der Waals surface area contributed by atoms with Gasteiger partial charge in [0.1, 0.15) is 5.82 Å². The van der Waals surface area contributed by atoms with Crippen LogP contribution in [0.15, 0.2) is 59.2 Å². The van der Waals surface area contributed by atoms with Crippen LogP contribution in [-0.2, 0) is 5.41 Å². The van der Waals surface area contributed by atoms with Gasteiger partial charge in [0.25, 0.3) is 0 Å². The van der Waals surface area contributed by atoms with E-state index in [1.165, 1.54) is 5.56 Å². The van der Waals surface area contributed by atoms with Crippen LogP contribution in [0.5, 0.6) is 0 Å². The van der Waals surface area contributed by atoms with Crippen molar-refractivity contribution in [1.29, 1.82) is 5.26 Å². The minimum Gasteiger partial charge on any atom is -0.369 e. The van der Waals surface area contributed by atoms with Crippen molar-refractivity contribution in [2.45, 2.75) is 19.3 Å². The van der Waals surface area contributed by atoms with Crippen LogP contribution in [0.3, 0.4) is 0 Å². The maximum Gasteiger partial charge on any atom is 0.133 e. The molecule has 4 heteroatoms. The van der Waals surface area contributed by atoms with Crippen molar-refractivity contribution in [2.75, 3.05) is 11.9 Å². The van der Waals surface area contributed by atoms with E-state index >= 15 is 0 Å². The molecule has 120 valence electrons. The zero-order chi connectivity index (χ0) is 17.2. The number of hydrogen-bond donors (Lipinski definition) is 1. The second kappa shape index (κ2) is 6.62. The average molecular weight is 380 g/mol. The number of halogens is 1. The number of fused-ring (bicyclic) bond motifs is 1. The summed E-state index contributed by atoms with van der Waals surface area (Å²) in [6.07, 6.45) is 1.80. The number of rotatable bonds is 4. The summed E-state index contributed by atoms with van der Waals surface area (Å²) in [5, 5.41) is 14.6. The molecule has 0 saturated heterocycles. The zero-order valence-corrected chi connectivity index (χ0v) is 15.3. The Morgan fingerprint density at radius 2 is 1.88 bits per heavy atom. The van der Waals surface area contributed by atoms with E-state index in [0.717, 1.165) is 27.6 Å². The molecule has 0 atom stereocenters. The first-order valence-electron chi connectivity index (χ1n) is 7.79. The summed E-state index contributed by atoms with van der Waals surface area (Å²) in [7, 11) is 0. The fourth-order valence-corrected chi connectivity index (χ4v) is 3.16. The third kappa shape index (κ3) is 3.27. The molecule has 0 fully saturated rings. The largest absolute Gasteiger partial charge is 0.369 e. The third-order valence-electron chi connectivity index (χ3n) is 4.22. The number of nitrogens with one attached hydrogen (secondary N) is 1. The van der Waals surface area contributed by atoms with E-state index in [2.05, 4.69) is 70.4 Å². The van der Waals surface area contributed by atoms with Gasteiger partial charge in [0.2, 0.25) is 0 Å². The molecule has 0 amide bonds. The first-order chi connectivity index (χ1) is 11.5. The maximum atomic E-state index is 9.16. The molecule has 24 heavy (non-hydrogen) atoms. The van der Waals surface area contributed by atoms with Gasteiger partial charge in [0, 0.05) is 33.4 Å². The lowest BCUT2D eigenvalue weighted by molar-refractivity contribution is 0.556. The number of aromatic nitrogens is 1. The van der Waals surface area contributed by atoms with Gasteiger partial charge in [-0.05, 0) is 33.6 Å². The van der Waals surface area contributed by atoms with Gasteiger partial charge in [-0.1, -0.05) is 50.2 Å². The summed E-state index contributed by atoms with van der Waals surface area (Å²) >= 11 is 3.53. The van der Waals surface area contributed by atoms with Crippen molar-refractivity contribution in [1.82, 2.24) is 4.98 Å². The molecule has 0 bridgehead atoms. The Hall–Kier alpha value is -2.38. The Morgan fingerprint density at radius 1 is 1.12 bits per heavy atom. The van der Waals surface area contributed by atoms with Crippen molar-refractivity contribution >= 4 is 32.5 Å². The quantitative estimate of drug-likeness (QED) is 0.672. The molecule has 0 radical (unpaired) electrons. The summed E-state index contributed by atoms with van der Waals surface area (Å²) in [4.78, 5) is 4.51. The van der Waals surface area contributed by atoms with Gasteiger partial charge in [0.15, 0.2) is 0 Å². The van der Waals surface area contributed by atoms with Crippen LogP contribution >= 0.6 is 15.9 Å². The van der Waals surface area contributed by atoms with Crippen LogP contribution < -0.4 is 5.32 Å². The van der Waals surface area contributed by atoms with Gasteiger partial charge < -0.3 is 5.32 Å². The van der Waals surface area contributed by atoms with Crippen LogP contribution in [0, 0.1) is 11.3 Å². The Bertz CT molecular complexity index is 911. The van der Waals surface area contributed by atoms with E-state index in [9.17, 15) is 0 Å². The molecule has 0 saturated carbocycles. The highest BCUT2D eigenvalue weighted by molar-refractivity contribution is 9.10. The Labute approximate surface area is 150 Å². The SMILES string of the molecule is CC(C)(CNc1ncc(Br)c2ccc(C#N)cc12)c1ccccc1. The number of hydrogen-bond acceptors (Lipinski definition) is 3.